The van der Waals surface area contributed by atoms with E-state index in [0.717, 1.165) is 6.42 Å². The zero-order valence-corrected chi connectivity index (χ0v) is 10.5. The predicted octanol–water partition coefficient (Wildman–Crippen LogP) is -0.0498. The molecule has 1 aromatic heterocycles. The van der Waals surface area contributed by atoms with Crippen LogP contribution in [0.25, 0.3) is 0 Å². The molecule has 17 heavy (non-hydrogen) atoms. The molecule has 1 heterocycles. The quantitative estimate of drug-likeness (QED) is 0.641. The first-order valence-corrected chi connectivity index (χ1v) is 5.56. The number of aromatic nitrogens is 3. The zero-order chi connectivity index (χ0) is 12.8. The second-order valence-corrected chi connectivity index (χ2v) is 4.21. The maximum Gasteiger partial charge on any atom is 0.231 e. The Bertz CT molecular complexity index is 357. The first-order valence-electron chi connectivity index (χ1n) is 5.56. The van der Waals surface area contributed by atoms with E-state index in [1.54, 1.807) is 4.90 Å². The minimum absolute atomic E-state index is 0.186. The second kappa shape index (κ2) is 6.19. The van der Waals surface area contributed by atoms with Crippen LogP contribution in [0.4, 0.5) is 17.8 Å². The summed E-state index contributed by atoms with van der Waals surface area (Å²) in [5.74, 6) is 1.53. The van der Waals surface area contributed by atoms with Gasteiger partial charge in [-0.2, -0.15) is 15.0 Å². The molecule has 0 aliphatic carbocycles. The summed E-state index contributed by atoms with van der Waals surface area (Å²) >= 11 is 0. The Morgan fingerprint density at radius 1 is 1.35 bits per heavy atom. The second-order valence-electron chi connectivity index (χ2n) is 4.21. The van der Waals surface area contributed by atoms with Crippen molar-refractivity contribution in [3.05, 3.63) is 0 Å². The van der Waals surface area contributed by atoms with Gasteiger partial charge in [0.1, 0.15) is 0 Å². The molecule has 0 aromatic carbocycles. The fourth-order valence-corrected chi connectivity index (χ4v) is 1.25. The van der Waals surface area contributed by atoms with Crippen molar-refractivity contribution < 1.29 is 5.11 Å². The number of hydrogen-bond acceptors (Lipinski definition) is 7. The van der Waals surface area contributed by atoms with Gasteiger partial charge in [-0.15, -0.1) is 0 Å². The number of nitrogens with one attached hydrogen (secondary N) is 1. The Hall–Kier alpha value is -1.63. The third-order valence-electron chi connectivity index (χ3n) is 2.27. The number of anilines is 3. The fourth-order valence-electron chi connectivity index (χ4n) is 1.25. The molecule has 7 nitrogen and oxygen atoms in total. The summed E-state index contributed by atoms with van der Waals surface area (Å²) in [7, 11) is 3.68. The maximum atomic E-state index is 8.80. The average molecular weight is 240 g/mol. The lowest BCUT2D eigenvalue weighted by Crippen LogP contribution is -2.19. The Morgan fingerprint density at radius 2 is 2.06 bits per heavy atom. The van der Waals surface area contributed by atoms with E-state index in [-0.39, 0.29) is 12.6 Å². The first kappa shape index (κ1) is 13.4. The van der Waals surface area contributed by atoms with Gasteiger partial charge in [-0.3, -0.25) is 0 Å². The van der Waals surface area contributed by atoms with Crippen molar-refractivity contribution in [3.8, 4) is 0 Å². The van der Waals surface area contributed by atoms with Crippen molar-refractivity contribution in [3.63, 3.8) is 0 Å². The highest BCUT2D eigenvalue weighted by Gasteiger charge is 2.07. The van der Waals surface area contributed by atoms with Crippen LogP contribution in [0.2, 0.25) is 0 Å². The lowest BCUT2D eigenvalue weighted by atomic mass is 10.1. The van der Waals surface area contributed by atoms with Crippen LogP contribution in [0.3, 0.4) is 0 Å². The van der Waals surface area contributed by atoms with Crippen LogP contribution < -0.4 is 16.0 Å². The van der Waals surface area contributed by atoms with E-state index in [4.69, 9.17) is 10.8 Å². The standard InChI is InChI=1S/C10H20N6O/c1-7(4-5-17)6-12-9-13-8(11)14-10(15-9)16(2)3/h7,17H,4-6H2,1-3H3,(H3,11,12,13,14,15). The molecule has 1 unspecified atom stereocenters. The number of rotatable bonds is 6. The molecular formula is C10H20N6O. The van der Waals surface area contributed by atoms with Crippen molar-refractivity contribution in [2.75, 3.05) is 43.2 Å². The molecule has 0 spiro atoms. The predicted molar refractivity (Wildman–Crippen MR) is 67.9 cm³/mol. The van der Waals surface area contributed by atoms with Crippen LogP contribution in [-0.2, 0) is 0 Å². The topological polar surface area (TPSA) is 100 Å². The lowest BCUT2D eigenvalue weighted by molar-refractivity contribution is 0.265. The molecule has 7 heteroatoms. The van der Waals surface area contributed by atoms with Crippen LogP contribution in [-0.4, -0.2) is 47.3 Å². The number of aliphatic hydroxyl groups is 1. The highest BCUT2D eigenvalue weighted by Crippen LogP contribution is 2.10. The first-order chi connectivity index (χ1) is 8.02. The Kier molecular flexibility index (Phi) is 4.89. The van der Waals surface area contributed by atoms with E-state index in [9.17, 15) is 0 Å². The summed E-state index contributed by atoms with van der Waals surface area (Å²) in [6.07, 6.45) is 0.744. The van der Waals surface area contributed by atoms with Crippen molar-refractivity contribution >= 4 is 17.8 Å². The van der Waals surface area contributed by atoms with Gasteiger partial charge < -0.3 is 21.1 Å². The summed E-state index contributed by atoms with van der Waals surface area (Å²) in [6.45, 7) is 2.92. The van der Waals surface area contributed by atoms with Gasteiger partial charge >= 0.3 is 0 Å². The van der Waals surface area contributed by atoms with E-state index in [0.29, 0.717) is 24.4 Å². The summed E-state index contributed by atoms with van der Waals surface area (Å²) < 4.78 is 0. The van der Waals surface area contributed by atoms with Crippen LogP contribution >= 0.6 is 0 Å². The fraction of sp³-hybridized carbons (Fsp3) is 0.700. The minimum atomic E-state index is 0.186. The molecule has 0 bridgehead atoms. The maximum absolute atomic E-state index is 8.80. The van der Waals surface area contributed by atoms with Gasteiger partial charge in [0.15, 0.2) is 0 Å². The van der Waals surface area contributed by atoms with Crippen molar-refractivity contribution in [2.24, 2.45) is 5.92 Å². The normalized spacial score (nSPS) is 12.2. The van der Waals surface area contributed by atoms with E-state index < -0.39 is 0 Å². The average Bonchev–Trinajstić information content (AvgIpc) is 2.26. The molecule has 1 rings (SSSR count). The number of nitrogens with zero attached hydrogens (tertiary/aromatic N) is 4. The monoisotopic (exact) mass is 240 g/mol. The van der Waals surface area contributed by atoms with Crippen LogP contribution in [0.15, 0.2) is 0 Å². The van der Waals surface area contributed by atoms with Gasteiger partial charge in [-0.05, 0) is 12.3 Å². The molecule has 0 aliphatic heterocycles. The Balaban J connectivity index is 2.64. The summed E-state index contributed by atoms with van der Waals surface area (Å²) in [5.41, 5.74) is 5.59. The molecule has 1 aromatic rings. The summed E-state index contributed by atoms with van der Waals surface area (Å²) in [6, 6.07) is 0. The van der Waals surface area contributed by atoms with Gasteiger partial charge in [-0.1, -0.05) is 6.92 Å². The van der Waals surface area contributed by atoms with Gasteiger partial charge in [0.05, 0.1) is 0 Å². The number of nitrogens with two attached hydrogens (primary N) is 1. The van der Waals surface area contributed by atoms with Gasteiger partial charge in [-0.25, -0.2) is 0 Å². The molecule has 0 fully saturated rings. The number of nitrogen functional groups attached to an aromatic ring is 1. The third-order valence-corrected chi connectivity index (χ3v) is 2.27. The molecule has 4 N–H and O–H groups in total. The minimum Gasteiger partial charge on any atom is -0.396 e. The summed E-state index contributed by atoms with van der Waals surface area (Å²) in [5, 5.41) is 11.9. The summed E-state index contributed by atoms with van der Waals surface area (Å²) in [4.78, 5) is 14.0. The SMILES string of the molecule is CC(CCO)CNc1nc(N)nc(N(C)C)n1. The van der Waals surface area contributed by atoms with E-state index >= 15 is 0 Å². The van der Waals surface area contributed by atoms with Crippen LogP contribution in [0.1, 0.15) is 13.3 Å². The molecule has 0 amide bonds. The van der Waals surface area contributed by atoms with Gasteiger partial charge in [0.2, 0.25) is 17.8 Å². The molecule has 0 saturated heterocycles. The molecule has 0 aliphatic rings. The molecule has 0 radical (unpaired) electrons. The molecular weight excluding hydrogens is 220 g/mol. The van der Waals surface area contributed by atoms with Crippen molar-refractivity contribution in [1.29, 1.82) is 0 Å². The Labute approximate surface area is 101 Å². The molecule has 0 saturated carbocycles. The van der Waals surface area contributed by atoms with Crippen LogP contribution in [0, 0.1) is 5.92 Å². The highest BCUT2D eigenvalue weighted by atomic mass is 16.3. The third kappa shape index (κ3) is 4.39. The lowest BCUT2D eigenvalue weighted by Gasteiger charge is -2.14. The van der Waals surface area contributed by atoms with Gasteiger partial charge in [0, 0.05) is 27.2 Å². The van der Waals surface area contributed by atoms with Gasteiger partial charge in [0.25, 0.3) is 0 Å². The smallest absolute Gasteiger partial charge is 0.231 e. The Morgan fingerprint density at radius 3 is 2.65 bits per heavy atom. The number of aliphatic hydroxyl groups excluding tert-OH is 1. The van der Waals surface area contributed by atoms with E-state index in [1.807, 2.05) is 21.0 Å². The van der Waals surface area contributed by atoms with E-state index in [2.05, 4.69) is 20.3 Å². The van der Waals surface area contributed by atoms with Crippen molar-refractivity contribution in [2.45, 2.75) is 13.3 Å². The number of hydrogen-bond donors (Lipinski definition) is 3. The zero-order valence-electron chi connectivity index (χ0n) is 10.5. The largest absolute Gasteiger partial charge is 0.396 e. The van der Waals surface area contributed by atoms with E-state index in [1.165, 1.54) is 0 Å². The van der Waals surface area contributed by atoms with Crippen LogP contribution in [0.5, 0.6) is 0 Å². The van der Waals surface area contributed by atoms with Crippen molar-refractivity contribution in [1.82, 2.24) is 15.0 Å². The highest BCUT2D eigenvalue weighted by molar-refractivity contribution is 5.40. The molecule has 96 valence electrons. The molecule has 1 atom stereocenters.